The number of nitrogens with one attached hydrogen (secondary N) is 2. The molecule has 3 aromatic carbocycles. The third-order valence-electron chi connectivity index (χ3n) is 5.08. The quantitative estimate of drug-likeness (QED) is 0.381. The SMILES string of the molecule is CC(C)(C)OC(=O)NCCCCNC(=O)CCc1c2ccccc2cc2ccccc12. The number of alkyl carbamates (subject to hydrolysis) is 1. The van der Waals surface area contributed by atoms with Crippen molar-refractivity contribution < 1.29 is 14.3 Å². The van der Waals surface area contributed by atoms with Gasteiger partial charge in [-0.05, 0) is 73.2 Å². The lowest BCUT2D eigenvalue weighted by Gasteiger charge is -2.19. The van der Waals surface area contributed by atoms with Crippen molar-refractivity contribution in [1.29, 1.82) is 0 Å². The molecule has 0 spiro atoms. The summed E-state index contributed by atoms with van der Waals surface area (Å²) in [6.45, 7) is 6.65. The molecule has 5 nitrogen and oxygen atoms in total. The number of rotatable bonds is 8. The summed E-state index contributed by atoms with van der Waals surface area (Å²) >= 11 is 0. The van der Waals surface area contributed by atoms with E-state index in [2.05, 4.69) is 41.0 Å². The highest BCUT2D eigenvalue weighted by Crippen LogP contribution is 2.29. The second-order valence-electron chi connectivity index (χ2n) is 8.78. The van der Waals surface area contributed by atoms with Crippen molar-refractivity contribution >= 4 is 33.5 Å². The van der Waals surface area contributed by atoms with Crippen molar-refractivity contribution in [2.75, 3.05) is 13.1 Å². The largest absolute Gasteiger partial charge is 0.444 e. The number of carbonyl (C=O) groups is 2. The first-order chi connectivity index (χ1) is 14.8. The van der Waals surface area contributed by atoms with E-state index in [-0.39, 0.29) is 5.91 Å². The monoisotopic (exact) mass is 420 g/mol. The number of fused-ring (bicyclic) bond motifs is 2. The Morgan fingerprint density at radius 2 is 1.39 bits per heavy atom. The Labute approximate surface area is 184 Å². The number of ether oxygens (including phenoxy) is 1. The van der Waals surface area contributed by atoms with E-state index in [1.54, 1.807) is 0 Å². The molecule has 0 bridgehead atoms. The van der Waals surface area contributed by atoms with Crippen molar-refractivity contribution in [3.63, 3.8) is 0 Å². The lowest BCUT2D eigenvalue weighted by atomic mass is 9.94. The highest BCUT2D eigenvalue weighted by Gasteiger charge is 2.15. The number of aryl methyl sites for hydroxylation is 1. The van der Waals surface area contributed by atoms with Gasteiger partial charge in [0, 0.05) is 19.5 Å². The lowest BCUT2D eigenvalue weighted by Crippen LogP contribution is -2.33. The summed E-state index contributed by atoms with van der Waals surface area (Å²) in [6, 6.07) is 18.9. The topological polar surface area (TPSA) is 67.4 Å². The predicted octanol–water partition coefficient (Wildman–Crippen LogP) is 5.35. The van der Waals surface area contributed by atoms with Gasteiger partial charge in [-0.15, -0.1) is 0 Å². The molecule has 0 aliphatic heterocycles. The molecule has 0 atom stereocenters. The summed E-state index contributed by atoms with van der Waals surface area (Å²) in [6.07, 6.45) is 2.34. The summed E-state index contributed by atoms with van der Waals surface area (Å²) in [7, 11) is 0. The summed E-state index contributed by atoms with van der Waals surface area (Å²) in [5.41, 5.74) is 0.735. The van der Waals surface area contributed by atoms with E-state index in [0.717, 1.165) is 12.8 Å². The van der Waals surface area contributed by atoms with Gasteiger partial charge in [-0.25, -0.2) is 4.79 Å². The summed E-state index contributed by atoms with van der Waals surface area (Å²) in [5, 5.41) is 10.6. The normalized spacial score (nSPS) is 11.5. The summed E-state index contributed by atoms with van der Waals surface area (Å²) in [5.74, 6) is 0.0529. The fourth-order valence-electron chi connectivity index (χ4n) is 3.69. The minimum Gasteiger partial charge on any atom is -0.444 e. The molecule has 3 rings (SSSR count). The van der Waals surface area contributed by atoms with E-state index in [9.17, 15) is 9.59 Å². The molecule has 3 aromatic rings. The zero-order valence-electron chi connectivity index (χ0n) is 18.7. The van der Waals surface area contributed by atoms with Gasteiger partial charge in [0.15, 0.2) is 0 Å². The number of hydrogen-bond acceptors (Lipinski definition) is 3. The molecule has 0 aromatic heterocycles. The van der Waals surface area contributed by atoms with E-state index in [0.29, 0.717) is 25.9 Å². The summed E-state index contributed by atoms with van der Waals surface area (Å²) in [4.78, 5) is 24.0. The molecule has 0 saturated heterocycles. The molecule has 164 valence electrons. The Balaban J connectivity index is 1.46. The first-order valence-corrected chi connectivity index (χ1v) is 11.0. The van der Waals surface area contributed by atoms with Crippen molar-refractivity contribution in [1.82, 2.24) is 10.6 Å². The average Bonchev–Trinajstić information content (AvgIpc) is 2.72. The van der Waals surface area contributed by atoms with E-state index in [1.807, 2.05) is 45.0 Å². The highest BCUT2D eigenvalue weighted by atomic mass is 16.6. The van der Waals surface area contributed by atoms with Crippen LogP contribution in [-0.2, 0) is 16.0 Å². The zero-order valence-corrected chi connectivity index (χ0v) is 18.7. The maximum atomic E-state index is 12.4. The third-order valence-corrected chi connectivity index (χ3v) is 5.08. The van der Waals surface area contributed by atoms with Gasteiger partial charge in [-0.3, -0.25) is 4.79 Å². The van der Waals surface area contributed by atoms with E-state index in [4.69, 9.17) is 4.74 Å². The fraction of sp³-hybridized carbons (Fsp3) is 0.385. The standard InChI is InChI=1S/C26H32N2O3/c1-26(2,3)31-25(30)28-17-9-8-16-27-24(29)15-14-23-21-12-6-4-10-19(21)18-20-11-5-7-13-22(20)23/h4-7,10-13,18H,8-9,14-17H2,1-3H3,(H,27,29)(H,28,30). The van der Waals surface area contributed by atoms with Gasteiger partial charge in [0.2, 0.25) is 5.91 Å². The van der Waals surface area contributed by atoms with Gasteiger partial charge in [-0.2, -0.15) is 0 Å². The average molecular weight is 421 g/mol. The van der Waals surface area contributed by atoms with E-state index < -0.39 is 11.7 Å². The molecule has 0 unspecified atom stereocenters. The van der Waals surface area contributed by atoms with Crippen LogP contribution in [0.5, 0.6) is 0 Å². The van der Waals surface area contributed by atoms with Gasteiger partial charge >= 0.3 is 6.09 Å². The fourth-order valence-corrected chi connectivity index (χ4v) is 3.69. The molecular formula is C26H32N2O3. The number of hydrogen-bond donors (Lipinski definition) is 2. The molecular weight excluding hydrogens is 388 g/mol. The second-order valence-corrected chi connectivity index (χ2v) is 8.78. The van der Waals surface area contributed by atoms with Crippen molar-refractivity contribution in [2.45, 2.75) is 52.1 Å². The smallest absolute Gasteiger partial charge is 0.407 e. The van der Waals surface area contributed by atoms with Crippen LogP contribution in [0.3, 0.4) is 0 Å². The van der Waals surface area contributed by atoms with Crippen LogP contribution in [0.1, 0.15) is 45.6 Å². The minimum atomic E-state index is -0.493. The Bertz CT molecular complexity index is 999. The zero-order chi connectivity index (χ0) is 22.3. The minimum absolute atomic E-state index is 0.0529. The number of amides is 2. The van der Waals surface area contributed by atoms with Crippen LogP contribution < -0.4 is 10.6 Å². The molecule has 0 heterocycles. The van der Waals surface area contributed by atoms with Gasteiger partial charge in [-0.1, -0.05) is 48.5 Å². The Morgan fingerprint density at radius 1 is 0.839 bits per heavy atom. The van der Waals surface area contributed by atoms with Gasteiger partial charge in [0.05, 0.1) is 0 Å². The van der Waals surface area contributed by atoms with Crippen molar-refractivity contribution in [3.8, 4) is 0 Å². The Hall–Kier alpha value is -3.08. The molecule has 2 amide bonds. The van der Waals surface area contributed by atoms with Gasteiger partial charge in [0.1, 0.15) is 5.60 Å². The second kappa shape index (κ2) is 10.3. The van der Waals surface area contributed by atoms with Crippen LogP contribution in [0.25, 0.3) is 21.5 Å². The molecule has 5 heteroatoms. The maximum absolute atomic E-state index is 12.4. The highest BCUT2D eigenvalue weighted by molar-refractivity contribution is 6.02. The maximum Gasteiger partial charge on any atom is 0.407 e. The van der Waals surface area contributed by atoms with Crippen LogP contribution in [-0.4, -0.2) is 30.7 Å². The number of benzene rings is 3. The molecule has 0 aliphatic carbocycles. The number of unbranched alkanes of at least 4 members (excludes halogenated alkanes) is 1. The Kier molecular flexibility index (Phi) is 7.50. The van der Waals surface area contributed by atoms with Crippen LogP contribution in [0.2, 0.25) is 0 Å². The van der Waals surface area contributed by atoms with Crippen molar-refractivity contribution in [2.24, 2.45) is 0 Å². The molecule has 0 fully saturated rings. The van der Waals surface area contributed by atoms with Crippen LogP contribution in [0, 0.1) is 0 Å². The van der Waals surface area contributed by atoms with Crippen LogP contribution in [0.15, 0.2) is 54.6 Å². The first-order valence-electron chi connectivity index (χ1n) is 11.0. The van der Waals surface area contributed by atoms with Gasteiger partial charge in [0.25, 0.3) is 0 Å². The Morgan fingerprint density at radius 3 is 1.97 bits per heavy atom. The third kappa shape index (κ3) is 6.71. The van der Waals surface area contributed by atoms with E-state index in [1.165, 1.54) is 27.1 Å². The molecule has 0 radical (unpaired) electrons. The van der Waals surface area contributed by atoms with Crippen LogP contribution >= 0.6 is 0 Å². The molecule has 2 N–H and O–H groups in total. The molecule has 0 saturated carbocycles. The lowest BCUT2D eigenvalue weighted by molar-refractivity contribution is -0.121. The van der Waals surface area contributed by atoms with E-state index >= 15 is 0 Å². The summed E-state index contributed by atoms with van der Waals surface area (Å²) < 4.78 is 5.20. The number of carbonyl (C=O) groups excluding carboxylic acids is 2. The first kappa shape index (κ1) is 22.6. The predicted molar refractivity (Wildman–Crippen MR) is 126 cm³/mol. The molecule has 0 aliphatic rings. The van der Waals surface area contributed by atoms with Crippen LogP contribution in [0.4, 0.5) is 4.79 Å². The van der Waals surface area contributed by atoms with Crippen molar-refractivity contribution in [3.05, 3.63) is 60.2 Å². The van der Waals surface area contributed by atoms with Gasteiger partial charge < -0.3 is 15.4 Å². The molecule has 31 heavy (non-hydrogen) atoms.